The number of benzene rings is 2. The predicted octanol–water partition coefficient (Wildman–Crippen LogP) is 1.14. The molecule has 2 aromatic carbocycles. The van der Waals surface area contributed by atoms with Gasteiger partial charge in [0, 0.05) is 32.1 Å². The van der Waals surface area contributed by atoms with Crippen LogP contribution in [0.5, 0.6) is 5.75 Å². The minimum Gasteiger partial charge on any atom is -0.507 e. The number of rotatable bonds is 7. The summed E-state index contributed by atoms with van der Waals surface area (Å²) >= 11 is 0. The molecule has 2 heterocycles. The maximum absolute atomic E-state index is 15.1. The van der Waals surface area contributed by atoms with Crippen LogP contribution in [0.1, 0.15) is 17.3 Å². The fourth-order valence-electron chi connectivity index (χ4n) is 4.18. The van der Waals surface area contributed by atoms with E-state index in [0.717, 1.165) is 22.1 Å². The lowest BCUT2D eigenvalue weighted by Crippen LogP contribution is -2.41. The number of halogens is 2. The Balaban J connectivity index is 1.36. The number of carbonyl (C=O) groups is 4. The lowest BCUT2D eigenvalue weighted by Gasteiger charge is -2.24. The highest BCUT2D eigenvalue weighted by molar-refractivity contribution is 5.98. The fourth-order valence-corrected chi connectivity index (χ4v) is 4.18. The van der Waals surface area contributed by atoms with Crippen LogP contribution < -0.4 is 20.4 Å². The minimum atomic E-state index is -0.919. The molecule has 3 N–H and O–H groups in total. The van der Waals surface area contributed by atoms with E-state index in [0.29, 0.717) is 0 Å². The number of cyclic esters (lactones) is 1. The van der Waals surface area contributed by atoms with Crippen molar-refractivity contribution in [3.05, 3.63) is 53.6 Å². The standard InChI is InChI=1S/C25H27F2N5O7/c1-15(33)28-12-17-14-31(25(37)39-17)16-10-19(26)23(20(27)11-16)30-6-7-32(38-9-8-30)22(35)13-29-24(36)18-4-2-3-5-21(18)34/h2-5,10-11,17,34H,6-9,12-14H2,1H3,(H,28,33)(H,29,36)/t17-/m0/s1. The topological polar surface area (TPSA) is 141 Å². The molecule has 2 saturated heterocycles. The van der Waals surface area contributed by atoms with Crippen LogP contribution in [-0.2, 0) is 19.2 Å². The van der Waals surface area contributed by atoms with Gasteiger partial charge >= 0.3 is 6.09 Å². The van der Waals surface area contributed by atoms with Crippen molar-refractivity contribution in [2.45, 2.75) is 13.0 Å². The Labute approximate surface area is 222 Å². The summed E-state index contributed by atoms with van der Waals surface area (Å²) in [4.78, 5) is 56.0. The van der Waals surface area contributed by atoms with E-state index in [-0.39, 0.29) is 67.9 Å². The zero-order valence-electron chi connectivity index (χ0n) is 21.0. The molecule has 0 saturated carbocycles. The molecule has 39 heavy (non-hydrogen) atoms. The molecule has 0 radical (unpaired) electrons. The Bertz CT molecular complexity index is 1250. The van der Waals surface area contributed by atoms with Gasteiger partial charge < -0.3 is 25.4 Å². The van der Waals surface area contributed by atoms with Gasteiger partial charge in [0.2, 0.25) is 5.91 Å². The molecule has 0 spiro atoms. The third kappa shape index (κ3) is 6.52. The van der Waals surface area contributed by atoms with Crippen LogP contribution in [0.3, 0.4) is 0 Å². The van der Waals surface area contributed by atoms with Crippen LogP contribution in [-0.4, -0.2) is 86.0 Å². The Morgan fingerprint density at radius 2 is 1.79 bits per heavy atom. The highest BCUT2D eigenvalue weighted by Gasteiger charge is 2.34. The van der Waals surface area contributed by atoms with E-state index < -0.39 is 42.2 Å². The summed E-state index contributed by atoms with van der Waals surface area (Å²) in [6.07, 6.45) is -1.45. The van der Waals surface area contributed by atoms with Crippen LogP contribution in [0.2, 0.25) is 0 Å². The van der Waals surface area contributed by atoms with Crippen LogP contribution >= 0.6 is 0 Å². The normalized spacial score (nSPS) is 17.5. The molecule has 2 aliphatic heterocycles. The van der Waals surface area contributed by atoms with Crippen molar-refractivity contribution >= 4 is 35.2 Å². The second-order valence-electron chi connectivity index (χ2n) is 8.83. The quantitative estimate of drug-likeness (QED) is 0.469. The van der Waals surface area contributed by atoms with Gasteiger partial charge in [-0.25, -0.2) is 18.6 Å². The van der Waals surface area contributed by atoms with E-state index >= 15 is 8.78 Å². The van der Waals surface area contributed by atoms with Crippen molar-refractivity contribution in [3.63, 3.8) is 0 Å². The van der Waals surface area contributed by atoms with Crippen molar-refractivity contribution < 1.29 is 42.6 Å². The zero-order chi connectivity index (χ0) is 28.1. The third-order valence-corrected chi connectivity index (χ3v) is 6.09. The summed E-state index contributed by atoms with van der Waals surface area (Å²) < 4.78 is 35.4. The van der Waals surface area contributed by atoms with Crippen molar-refractivity contribution in [2.75, 3.05) is 55.7 Å². The van der Waals surface area contributed by atoms with Gasteiger partial charge in [-0.15, -0.1) is 0 Å². The lowest BCUT2D eigenvalue weighted by molar-refractivity contribution is -0.180. The highest BCUT2D eigenvalue weighted by atomic mass is 19.1. The number of anilines is 2. The van der Waals surface area contributed by atoms with Gasteiger partial charge in [0.25, 0.3) is 11.8 Å². The average Bonchev–Trinajstić information content (AvgIpc) is 3.10. The third-order valence-electron chi connectivity index (χ3n) is 6.09. The molecule has 2 fully saturated rings. The number of aromatic hydroxyl groups is 1. The number of carbonyl (C=O) groups excluding carboxylic acids is 4. The number of nitrogens with one attached hydrogen (secondary N) is 2. The van der Waals surface area contributed by atoms with Gasteiger partial charge in [-0.05, 0) is 12.1 Å². The first kappa shape index (κ1) is 27.6. The van der Waals surface area contributed by atoms with E-state index in [1.54, 1.807) is 12.1 Å². The number of hydroxylamine groups is 2. The second kappa shape index (κ2) is 11.9. The van der Waals surface area contributed by atoms with Crippen molar-refractivity contribution in [1.29, 1.82) is 0 Å². The van der Waals surface area contributed by atoms with Gasteiger partial charge in [0.15, 0.2) is 11.6 Å². The summed E-state index contributed by atoms with van der Waals surface area (Å²) in [5, 5.41) is 15.7. The van der Waals surface area contributed by atoms with Gasteiger partial charge in [-0.1, -0.05) is 12.1 Å². The molecule has 4 rings (SSSR count). The monoisotopic (exact) mass is 547 g/mol. The molecule has 0 unspecified atom stereocenters. The van der Waals surface area contributed by atoms with Crippen LogP contribution in [0.4, 0.5) is 25.0 Å². The molecule has 0 aromatic heterocycles. The molecule has 1 atom stereocenters. The van der Waals surface area contributed by atoms with Crippen molar-refractivity contribution in [1.82, 2.24) is 15.7 Å². The summed E-state index contributed by atoms with van der Waals surface area (Å²) in [7, 11) is 0. The van der Waals surface area contributed by atoms with Crippen molar-refractivity contribution in [3.8, 4) is 5.75 Å². The van der Waals surface area contributed by atoms with E-state index in [4.69, 9.17) is 9.57 Å². The van der Waals surface area contributed by atoms with E-state index in [9.17, 15) is 24.3 Å². The molecule has 14 heteroatoms. The number of hydrogen-bond donors (Lipinski definition) is 3. The Kier molecular flexibility index (Phi) is 8.44. The molecular weight excluding hydrogens is 520 g/mol. The van der Waals surface area contributed by atoms with E-state index in [2.05, 4.69) is 10.6 Å². The fraction of sp³-hybridized carbons (Fsp3) is 0.360. The summed E-state index contributed by atoms with van der Waals surface area (Å²) in [6, 6.07) is 7.90. The largest absolute Gasteiger partial charge is 0.507 e. The first-order chi connectivity index (χ1) is 18.6. The first-order valence-electron chi connectivity index (χ1n) is 12.1. The van der Waals surface area contributed by atoms with Gasteiger partial charge in [0.05, 0.1) is 44.0 Å². The number of amides is 4. The smallest absolute Gasteiger partial charge is 0.414 e. The van der Waals surface area contributed by atoms with E-state index in [1.807, 2.05) is 0 Å². The number of ether oxygens (including phenoxy) is 1. The number of hydrogen-bond acceptors (Lipinski definition) is 8. The highest BCUT2D eigenvalue weighted by Crippen LogP contribution is 2.31. The summed E-state index contributed by atoms with van der Waals surface area (Å²) in [5.41, 5.74) is -0.368. The zero-order valence-corrected chi connectivity index (χ0v) is 21.0. The molecule has 12 nitrogen and oxygen atoms in total. The molecule has 2 aromatic rings. The maximum Gasteiger partial charge on any atom is 0.414 e. The summed E-state index contributed by atoms with van der Waals surface area (Å²) in [5.74, 6) is -3.60. The van der Waals surface area contributed by atoms with Crippen LogP contribution in [0.25, 0.3) is 0 Å². The van der Waals surface area contributed by atoms with Gasteiger partial charge in [-0.3, -0.25) is 24.1 Å². The molecule has 2 aliphatic rings. The number of para-hydroxylation sites is 1. The number of phenolic OH excluding ortho intramolecular Hbond substituents is 1. The SMILES string of the molecule is CC(=O)NC[C@H]1CN(c2cc(F)c(N3CCON(C(=O)CNC(=O)c4ccccc4O)CC3)c(F)c2)C(=O)O1. The second-order valence-corrected chi connectivity index (χ2v) is 8.83. The minimum absolute atomic E-state index is 0.00634. The van der Waals surface area contributed by atoms with Crippen LogP contribution in [0, 0.1) is 11.6 Å². The molecule has 0 bridgehead atoms. The lowest BCUT2D eigenvalue weighted by atomic mass is 10.2. The first-order valence-corrected chi connectivity index (χ1v) is 12.1. The molecule has 0 aliphatic carbocycles. The summed E-state index contributed by atoms with van der Waals surface area (Å²) in [6.45, 7) is 0.951. The van der Waals surface area contributed by atoms with Crippen molar-refractivity contribution in [2.24, 2.45) is 0 Å². The number of nitrogens with zero attached hydrogens (tertiary/aromatic N) is 3. The van der Waals surface area contributed by atoms with E-state index in [1.165, 1.54) is 24.0 Å². The van der Waals surface area contributed by atoms with Gasteiger partial charge in [-0.2, -0.15) is 0 Å². The van der Waals surface area contributed by atoms with Gasteiger partial charge in [0.1, 0.15) is 17.5 Å². The Morgan fingerprint density at radius 1 is 1.08 bits per heavy atom. The average molecular weight is 548 g/mol. The molecular formula is C25H27F2N5O7. The molecule has 208 valence electrons. The molecule has 4 amide bonds. The maximum atomic E-state index is 15.1. The predicted molar refractivity (Wildman–Crippen MR) is 133 cm³/mol. The van der Waals surface area contributed by atoms with Crippen LogP contribution in [0.15, 0.2) is 36.4 Å². The Morgan fingerprint density at radius 3 is 2.49 bits per heavy atom. The Hall–Kier alpha value is -4.46. The number of phenols is 1.